The van der Waals surface area contributed by atoms with Crippen LogP contribution < -0.4 is 4.74 Å². The van der Waals surface area contributed by atoms with E-state index in [0.29, 0.717) is 23.7 Å². The minimum atomic E-state index is -4.40. The number of alkyl halides is 3. The summed E-state index contributed by atoms with van der Waals surface area (Å²) in [5.74, 6) is 1.03. The molecule has 1 atom stereocenters. The summed E-state index contributed by atoms with van der Waals surface area (Å²) in [4.78, 5) is 6.14. The molecule has 4 rings (SSSR count). The Kier molecular flexibility index (Phi) is 4.13. The molecule has 0 fully saturated rings. The molecule has 5 nitrogen and oxygen atoms in total. The fourth-order valence-electron chi connectivity index (χ4n) is 3.45. The van der Waals surface area contributed by atoms with E-state index in [4.69, 9.17) is 9.47 Å². The van der Waals surface area contributed by atoms with Crippen LogP contribution in [0.5, 0.6) is 5.75 Å². The highest BCUT2D eigenvalue weighted by molar-refractivity contribution is 5.61. The van der Waals surface area contributed by atoms with Crippen molar-refractivity contribution < 1.29 is 22.6 Å². The first-order valence-corrected chi connectivity index (χ1v) is 8.45. The average molecular weight is 377 g/mol. The summed E-state index contributed by atoms with van der Waals surface area (Å²) in [6, 6.07) is 3.22. The molecule has 0 aliphatic carbocycles. The minimum absolute atomic E-state index is 0.258. The van der Waals surface area contributed by atoms with Gasteiger partial charge in [-0.05, 0) is 31.2 Å². The largest absolute Gasteiger partial charge is 0.491 e. The summed E-state index contributed by atoms with van der Waals surface area (Å²) >= 11 is 0. The van der Waals surface area contributed by atoms with Gasteiger partial charge in [0.15, 0.2) is 0 Å². The SMILES string of the molecule is COC1=C(n2cnc(C)c2)C=CCN1[C@@H]1COc2ccc(C(F)(F)F)cc21. The van der Waals surface area contributed by atoms with Crippen LogP contribution >= 0.6 is 0 Å². The number of fused-ring (bicyclic) bond motifs is 1. The summed E-state index contributed by atoms with van der Waals surface area (Å²) < 4.78 is 52.5. The zero-order chi connectivity index (χ0) is 19.2. The lowest BCUT2D eigenvalue weighted by molar-refractivity contribution is -0.137. The lowest BCUT2D eigenvalue weighted by atomic mass is 10.0. The van der Waals surface area contributed by atoms with Crippen molar-refractivity contribution in [1.82, 2.24) is 14.5 Å². The Bertz CT molecular complexity index is 931. The van der Waals surface area contributed by atoms with Crippen molar-refractivity contribution in [2.24, 2.45) is 0 Å². The summed E-state index contributed by atoms with van der Waals surface area (Å²) in [5, 5.41) is 0. The number of nitrogens with zero attached hydrogens (tertiary/aromatic N) is 3. The van der Waals surface area contributed by atoms with Gasteiger partial charge in [-0.15, -0.1) is 0 Å². The predicted molar refractivity (Wildman–Crippen MR) is 92.7 cm³/mol. The molecule has 2 aliphatic heterocycles. The van der Waals surface area contributed by atoms with Crippen molar-refractivity contribution in [2.45, 2.75) is 19.1 Å². The number of methoxy groups -OCH3 is 1. The average Bonchev–Trinajstić information content (AvgIpc) is 3.25. The predicted octanol–water partition coefficient (Wildman–Crippen LogP) is 3.99. The van der Waals surface area contributed by atoms with E-state index >= 15 is 0 Å². The van der Waals surface area contributed by atoms with E-state index in [9.17, 15) is 13.2 Å². The molecule has 1 aromatic carbocycles. The maximum absolute atomic E-state index is 13.1. The van der Waals surface area contributed by atoms with Gasteiger partial charge in [0.25, 0.3) is 0 Å². The van der Waals surface area contributed by atoms with Gasteiger partial charge in [0.2, 0.25) is 5.88 Å². The molecule has 8 heteroatoms. The van der Waals surface area contributed by atoms with Gasteiger partial charge < -0.3 is 18.9 Å². The topological polar surface area (TPSA) is 39.5 Å². The first-order chi connectivity index (χ1) is 12.9. The summed E-state index contributed by atoms with van der Waals surface area (Å²) in [5.41, 5.74) is 1.45. The number of imidazole rings is 1. The zero-order valence-electron chi connectivity index (χ0n) is 14.8. The minimum Gasteiger partial charge on any atom is -0.491 e. The quantitative estimate of drug-likeness (QED) is 0.811. The van der Waals surface area contributed by atoms with Crippen molar-refractivity contribution in [3.05, 3.63) is 65.6 Å². The molecule has 142 valence electrons. The molecule has 0 saturated carbocycles. The molecule has 0 spiro atoms. The van der Waals surface area contributed by atoms with Crippen molar-refractivity contribution in [1.29, 1.82) is 0 Å². The van der Waals surface area contributed by atoms with Crippen LogP contribution in [0.4, 0.5) is 13.2 Å². The molecule has 3 heterocycles. The Morgan fingerprint density at radius 2 is 2.11 bits per heavy atom. The molecule has 0 N–H and O–H groups in total. The summed E-state index contributed by atoms with van der Waals surface area (Å²) in [7, 11) is 1.55. The fraction of sp³-hybridized carbons (Fsp3) is 0.316. The summed E-state index contributed by atoms with van der Waals surface area (Å²) in [6.07, 6.45) is 3.00. The third-order valence-corrected chi connectivity index (χ3v) is 4.71. The highest BCUT2D eigenvalue weighted by Crippen LogP contribution is 2.42. The molecule has 27 heavy (non-hydrogen) atoms. The number of ether oxygens (including phenoxy) is 2. The number of halogens is 3. The first-order valence-electron chi connectivity index (χ1n) is 8.45. The fourth-order valence-corrected chi connectivity index (χ4v) is 3.45. The van der Waals surface area contributed by atoms with Gasteiger partial charge in [0, 0.05) is 18.3 Å². The first kappa shape index (κ1) is 17.5. The number of hydrogen-bond acceptors (Lipinski definition) is 4. The molecule has 0 amide bonds. The standard InChI is InChI=1S/C19H18F3N3O2/c1-12-9-24(11-23-12)15-4-3-7-25(18(15)26-2)16-10-27-17-6-5-13(8-14(16)17)19(20,21)22/h3-6,8-9,11,16H,7,10H2,1-2H3/t16-/m1/s1. The van der Waals surface area contributed by atoms with E-state index in [1.807, 2.05) is 34.7 Å². The van der Waals surface area contributed by atoms with Crippen LogP contribution in [0.3, 0.4) is 0 Å². The molecular formula is C19H18F3N3O2. The third-order valence-electron chi connectivity index (χ3n) is 4.71. The second-order valence-corrected chi connectivity index (χ2v) is 6.45. The van der Waals surface area contributed by atoms with E-state index in [-0.39, 0.29) is 12.6 Å². The van der Waals surface area contributed by atoms with Crippen LogP contribution in [0.25, 0.3) is 5.70 Å². The second-order valence-electron chi connectivity index (χ2n) is 6.45. The summed E-state index contributed by atoms with van der Waals surface area (Å²) in [6.45, 7) is 2.64. The monoisotopic (exact) mass is 377 g/mol. The maximum Gasteiger partial charge on any atom is 0.416 e. The number of aromatic nitrogens is 2. The van der Waals surface area contributed by atoms with Crippen LogP contribution in [-0.4, -0.2) is 34.7 Å². The second kappa shape index (κ2) is 6.37. The van der Waals surface area contributed by atoms with Gasteiger partial charge in [-0.25, -0.2) is 4.98 Å². The Morgan fingerprint density at radius 3 is 2.78 bits per heavy atom. The molecule has 0 radical (unpaired) electrons. The van der Waals surface area contributed by atoms with Crippen molar-refractivity contribution >= 4 is 5.70 Å². The molecule has 2 aromatic rings. The van der Waals surface area contributed by atoms with Crippen LogP contribution in [-0.2, 0) is 10.9 Å². The Hall–Kier alpha value is -2.90. The number of benzene rings is 1. The third kappa shape index (κ3) is 3.05. The highest BCUT2D eigenvalue weighted by atomic mass is 19.4. The van der Waals surface area contributed by atoms with Crippen molar-refractivity contribution in [2.75, 3.05) is 20.3 Å². The Labute approximate surface area is 154 Å². The molecule has 0 unspecified atom stereocenters. The molecule has 0 bridgehead atoms. The maximum atomic E-state index is 13.1. The lowest BCUT2D eigenvalue weighted by Gasteiger charge is -2.33. The molecular weight excluding hydrogens is 359 g/mol. The number of rotatable bonds is 3. The van der Waals surface area contributed by atoms with E-state index in [1.165, 1.54) is 12.1 Å². The van der Waals surface area contributed by atoms with E-state index in [0.717, 1.165) is 17.5 Å². The number of hydrogen-bond donors (Lipinski definition) is 0. The van der Waals surface area contributed by atoms with E-state index < -0.39 is 11.7 Å². The van der Waals surface area contributed by atoms with Crippen LogP contribution in [0.1, 0.15) is 22.9 Å². The van der Waals surface area contributed by atoms with Crippen LogP contribution in [0.2, 0.25) is 0 Å². The zero-order valence-corrected chi connectivity index (χ0v) is 14.8. The Balaban J connectivity index is 1.75. The molecule has 0 saturated heterocycles. The number of aryl methyl sites for hydroxylation is 1. The van der Waals surface area contributed by atoms with Gasteiger partial charge in [0.1, 0.15) is 18.1 Å². The van der Waals surface area contributed by atoms with Crippen LogP contribution in [0.15, 0.2) is 48.8 Å². The van der Waals surface area contributed by atoms with Crippen molar-refractivity contribution in [3.63, 3.8) is 0 Å². The van der Waals surface area contributed by atoms with Crippen LogP contribution in [0, 0.1) is 6.92 Å². The normalized spacial score (nSPS) is 19.3. The van der Waals surface area contributed by atoms with Crippen molar-refractivity contribution in [3.8, 4) is 5.75 Å². The van der Waals surface area contributed by atoms with E-state index in [1.54, 1.807) is 13.4 Å². The van der Waals surface area contributed by atoms with Gasteiger partial charge >= 0.3 is 6.18 Å². The lowest BCUT2D eigenvalue weighted by Crippen LogP contribution is -2.33. The van der Waals surface area contributed by atoms with Gasteiger partial charge in [-0.2, -0.15) is 13.2 Å². The molecule has 2 aliphatic rings. The van der Waals surface area contributed by atoms with E-state index in [2.05, 4.69) is 4.98 Å². The van der Waals surface area contributed by atoms with Gasteiger partial charge in [0.05, 0.1) is 30.7 Å². The molecule has 1 aromatic heterocycles. The number of allylic oxidation sites excluding steroid dienone is 2. The smallest absolute Gasteiger partial charge is 0.416 e. The van der Waals surface area contributed by atoms with Gasteiger partial charge in [-0.3, -0.25) is 0 Å². The highest BCUT2D eigenvalue weighted by Gasteiger charge is 2.37. The van der Waals surface area contributed by atoms with Gasteiger partial charge in [-0.1, -0.05) is 6.08 Å². The Morgan fingerprint density at radius 1 is 1.30 bits per heavy atom.